The van der Waals surface area contributed by atoms with Gasteiger partial charge < -0.3 is 14.9 Å². The summed E-state index contributed by atoms with van der Waals surface area (Å²) in [5, 5.41) is 15.0. The Kier molecular flexibility index (Phi) is 5.07. The number of carboxylic acid groups (broad SMARTS) is 2. The van der Waals surface area contributed by atoms with E-state index in [1.54, 1.807) is 57.8 Å². The van der Waals surface area contributed by atoms with Crippen molar-refractivity contribution in [1.29, 1.82) is 0 Å². The summed E-state index contributed by atoms with van der Waals surface area (Å²) in [5.41, 5.74) is 0.829. The van der Waals surface area contributed by atoms with E-state index in [9.17, 15) is 9.59 Å². The Morgan fingerprint density at radius 3 is 1.92 bits per heavy atom. The highest BCUT2D eigenvalue weighted by Crippen LogP contribution is 2.66. The van der Waals surface area contributed by atoms with E-state index in [1.807, 2.05) is 0 Å². The van der Waals surface area contributed by atoms with Crippen molar-refractivity contribution < 1.29 is 24.5 Å². The highest BCUT2D eigenvalue weighted by atomic mass is 16.7. The van der Waals surface area contributed by atoms with E-state index in [2.05, 4.69) is 11.7 Å². The van der Waals surface area contributed by atoms with Gasteiger partial charge in [0.2, 0.25) is 0 Å². The van der Waals surface area contributed by atoms with E-state index in [-0.39, 0.29) is 0 Å². The van der Waals surface area contributed by atoms with Crippen molar-refractivity contribution in [1.82, 2.24) is 0 Å². The maximum Gasteiger partial charge on any atom is 0.516 e. The van der Waals surface area contributed by atoms with Crippen molar-refractivity contribution in [2.75, 3.05) is 0 Å². The maximum absolute atomic E-state index is 9.21. The van der Waals surface area contributed by atoms with Crippen LogP contribution >= 0.6 is 0 Å². The largest absolute Gasteiger partial charge is 0.516 e. The first kappa shape index (κ1) is 17.6. The second-order valence-electron chi connectivity index (χ2n) is 8.60. The van der Waals surface area contributed by atoms with E-state index in [0.29, 0.717) is 0 Å². The molecule has 0 spiro atoms. The van der Waals surface area contributed by atoms with Crippen LogP contribution in [0.5, 0.6) is 0 Å². The topological polar surface area (TPSA) is 83.8 Å². The van der Waals surface area contributed by atoms with Crippen LogP contribution in [0.2, 0.25) is 0 Å². The minimum absolute atomic E-state index is 0.829. The summed E-state index contributed by atoms with van der Waals surface area (Å²) < 4.78 is 3.08. The van der Waals surface area contributed by atoms with Gasteiger partial charge in [-0.2, -0.15) is 0 Å². The Labute approximate surface area is 143 Å². The van der Waals surface area contributed by atoms with Gasteiger partial charge in [0.05, 0.1) is 0 Å². The predicted molar refractivity (Wildman–Crippen MR) is 88.9 cm³/mol. The minimum atomic E-state index is -1.81. The van der Waals surface area contributed by atoms with E-state index in [0.717, 1.165) is 35.0 Å². The summed E-state index contributed by atoms with van der Waals surface area (Å²) >= 11 is 0. The fourth-order valence-corrected chi connectivity index (χ4v) is 6.81. The molecule has 3 atom stereocenters. The molecule has 5 nitrogen and oxygen atoms in total. The van der Waals surface area contributed by atoms with Crippen molar-refractivity contribution in [2.45, 2.75) is 71.1 Å². The van der Waals surface area contributed by atoms with Crippen molar-refractivity contribution in [3.8, 4) is 0 Å². The Morgan fingerprint density at radius 2 is 1.46 bits per heavy atom. The molecule has 0 heterocycles. The average molecular weight is 338 g/mol. The van der Waals surface area contributed by atoms with E-state index in [4.69, 9.17) is 10.2 Å². The molecule has 0 amide bonds. The van der Waals surface area contributed by atoms with Crippen LogP contribution in [0.25, 0.3) is 0 Å². The van der Waals surface area contributed by atoms with Gasteiger partial charge in [-0.3, -0.25) is 0 Å². The number of rotatable bonds is 1. The Hall–Kier alpha value is -1.26. The second-order valence-corrected chi connectivity index (χ2v) is 8.60. The standard InChI is InChI=1S/C17H28.C2H2O5/c1-12-15-8-13-7-14(9-15)11-17(12,10-13)16-5-3-2-4-6-16;3-1(4)7-2(5)6/h12-16H,2-11H2,1H3;(H,3,4)(H,5,6). The van der Waals surface area contributed by atoms with Crippen LogP contribution in [0.1, 0.15) is 71.1 Å². The lowest BCUT2D eigenvalue weighted by Gasteiger charge is -2.64. The molecule has 0 saturated heterocycles. The normalized spacial score (nSPS) is 40.5. The number of hydrogen-bond acceptors (Lipinski definition) is 3. The number of hydrogen-bond donors (Lipinski definition) is 2. The monoisotopic (exact) mass is 338 g/mol. The molecule has 5 aliphatic rings. The van der Waals surface area contributed by atoms with Crippen LogP contribution in [-0.2, 0) is 4.74 Å². The molecule has 3 unspecified atom stereocenters. The molecule has 5 rings (SSSR count). The summed E-state index contributed by atoms with van der Waals surface area (Å²) in [6.07, 6.45) is 12.2. The minimum Gasteiger partial charge on any atom is -0.449 e. The molecule has 24 heavy (non-hydrogen) atoms. The first-order valence-electron chi connectivity index (χ1n) is 9.54. The molecule has 0 aromatic rings. The van der Waals surface area contributed by atoms with Gasteiger partial charge in [-0.1, -0.05) is 26.2 Å². The first-order chi connectivity index (χ1) is 11.4. The predicted octanol–water partition coefficient (Wildman–Crippen LogP) is 5.39. The molecular formula is C19H30O5. The average Bonchev–Trinajstić information content (AvgIpc) is 2.52. The number of carbonyl (C=O) groups is 2. The fraction of sp³-hybridized carbons (Fsp3) is 0.895. The van der Waals surface area contributed by atoms with Gasteiger partial charge in [0.25, 0.3) is 0 Å². The van der Waals surface area contributed by atoms with Crippen LogP contribution in [0, 0.1) is 35.0 Å². The lowest BCUT2D eigenvalue weighted by Crippen LogP contribution is -2.55. The molecule has 0 radical (unpaired) electrons. The summed E-state index contributed by atoms with van der Waals surface area (Å²) in [7, 11) is 0. The maximum atomic E-state index is 9.21. The molecule has 2 N–H and O–H groups in total. The molecule has 0 aromatic heterocycles. The third kappa shape index (κ3) is 3.40. The smallest absolute Gasteiger partial charge is 0.449 e. The lowest BCUT2D eigenvalue weighted by molar-refractivity contribution is -0.140. The van der Waals surface area contributed by atoms with Gasteiger partial charge in [-0.25, -0.2) is 9.59 Å². The zero-order chi connectivity index (χ0) is 17.3. The second kappa shape index (κ2) is 6.93. The van der Waals surface area contributed by atoms with Crippen molar-refractivity contribution in [3.63, 3.8) is 0 Å². The molecular weight excluding hydrogens is 308 g/mol. The molecule has 4 bridgehead atoms. The zero-order valence-electron chi connectivity index (χ0n) is 14.6. The molecule has 0 aromatic carbocycles. The zero-order valence-corrected chi connectivity index (χ0v) is 14.6. The molecule has 136 valence electrons. The first-order valence-corrected chi connectivity index (χ1v) is 9.54. The summed E-state index contributed by atoms with van der Waals surface area (Å²) in [4.78, 5) is 18.4. The summed E-state index contributed by atoms with van der Waals surface area (Å²) in [6, 6.07) is 0. The lowest BCUT2D eigenvalue weighted by atomic mass is 9.41. The van der Waals surface area contributed by atoms with Gasteiger partial charge >= 0.3 is 12.3 Å². The third-order valence-corrected chi connectivity index (χ3v) is 7.48. The van der Waals surface area contributed by atoms with E-state index >= 15 is 0 Å². The van der Waals surface area contributed by atoms with Gasteiger partial charge in [-0.05, 0) is 80.0 Å². The fourth-order valence-electron chi connectivity index (χ4n) is 6.81. The van der Waals surface area contributed by atoms with E-state index < -0.39 is 12.3 Å². The van der Waals surface area contributed by atoms with Crippen molar-refractivity contribution in [3.05, 3.63) is 0 Å². The molecule has 5 heteroatoms. The van der Waals surface area contributed by atoms with Gasteiger partial charge in [-0.15, -0.1) is 0 Å². The van der Waals surface area contributed by atoms with Crippen LogP contribution in [0.15, 0.2) is 0 Å². The summed E-state index contributed by atoms with van der Waals surface area (Å²) in [6.45, 7) is 2.64. The van der Waals surface area contributed by atoms with Gasteiger partial charge in [0, 0.05) is 0 Å². The molecule has 0 aliphatic heterocycles. The quantitative estimate of drug-likeness (QED) is 0.495. The highest BCUT2D eigenvalue weighted by Gasteiger charge is 2.57. The van der Waals surface area contributed by atoms with Crippen LogP contribution < -0.4 is 0 Å². The molecule has 5 saturated carbocycles. The van der Waals surface area contributed by atoms with Crippen LogP contribution in [0.4, 0.5) is 9.59 Å². The van der Waals surface area contributed by atoms with Crippen molar-refractivity contribution >= 4 is 12.3 Å². The van der Waals surface area contributed by atoms with Gasteiger partial charge in [0.15, 0.2) is 0 Å². The van der Waals surface area contributed by atoms with Crippen LogP contribution in [0.3, 0.4) is 0 Å². The Balaban J connectivity index is 0.000000209. The van der Waals surface area contributed by atoms with Crippen LogP contribution in [-0.4, -0.2) is 22.5 Å². The van der Waals surface area contributed by atoms with E-state index in [1.165, 1.54) is 6.42 Å². The van der Waals surface area contributed by atoms with Crippen molar-refractivity contribution in [2.24, 2.45) is 35.0 Å². The highest BCUT2D eigenvalue weighted by molar-refractivity contribution is 5.74. The SMILES string of the molecule is CC1C2CC3CC(C2)CC1(C1CCCCC1)C3.O=C(O)OC(=O)O. The molecule has 5 aliphatic carbocycles. The third-order valence-electron chi connectivity index (χ3n) is 7.48. The number of ether oxygens (including phenoxy) is 1. The Morgan fingerprint density at radius 1 is 0.917 bits per heavy atom. The Bertz CT molecular complexity index is 456. The van der Waals surface area contributed by atoms with Gasteiger partial charge in [0.1, 0.15) is 0 Å². The molecule has 5 fully saturated rings. The summed E-state index contributed by atoms with van der Waals surface area (Å²) in [5.74, 6) is 5.61.